The van der Waals surface area contributed by atoms with Gasteiger partial charge in [-0.05, 0) is 12.1 Å². The quantitative estimate of drug-likeness (QED) is 0.804. The highest BCUT2D eigenvalue weighted by Gasteiger charge is 2.36. The Bertz CT molecular complexity index is 1030. The van der Waals surface area contributed by atoms with Gasteiger partial charge >= 0.3 is 0 Å². The normalized spacial score (nSPS) is 16.9. The van der Waals surface area contributed by atoms with E-state index in [1.54, 1.807) is 62.4 Å². The number of nitrogens with zero attached hydrogens (tertiary/aromatic N) is 2. The second-order valence-corrected chi connectivity index (χ2v) is 8.83. The molecule has 0 bridgehead atoms. The van der Waals surface area contributed by atoms with Crippen LogP contribution in [0.3, 0.4) is 0 Å². The number of phenolic OH excluding ortho intramolecular Hbond substituents is 1. The van der Waals surface area contributed by atoms with Crippen LogP contribution < -0.4 is 4.72 Å². The van der Waals surface area contributed by atoms with Crippen LogP contribution in [-0.4, -0.2) is 36.4 Å². The summed E-state index contributed by atoms with van der Waals surface area (Å²) in [6, 6.07) is 13.3. The first-order valence-corrected chi connectivity index (χ1v) is 10.8. The molecule has 0 radical (unpaired) electrons. The van der Waals surface area contributed by atoms with E-state index in [1.807, 2.05) is 0 Å². The van der Waals surface area contributed by atoms with Crippen LogP contribution >= 0.6 is 0 Å². The first-order chi connectivity index (χ1) is 13.2. The van der Waals surface area contributed by atoms with Crippen molar-refractivity contribution in [3.8, 4) is 5.75 Å². The predicted molar refractivity (Wildman–Crippen MR) is 109 cm³/mol. The summed E-state index contributed by atoms with van der Waals surface area (Å²) >= 11 is 0. The Balaban J connectivity index is 2.05. The Morgan fingerprint density at radius 3 is 2.46 bits per heavy atom. The minimum absolute atomic E-state index is 0.0908. The summed E-state index contributed by atoms with van der Waals surface area (Å²) in [6.07, 6.45) is 1.44. The topological polar surface area (TPSA) is 99.1 Å². The number of carbonyl (C=O) groups excluding carboxylic acids is 1. The molecule has 1 unspecified atom stereocenters. The number of hydrogen-bond acceptors (Lipinski definition) is 5. The third-order valence-corrected chi connectivity index (χ3v) is 5.05. The Labute approximate surface area is 164 Å². The Kier molecular flexibility index (Phi) is 5.42. The van der Waals surface area contributed by atoms with Gasteiger partial charge in [0.05, 0.1) is 23.7 Å². The van der Waals surface area contributed by atoms with Gasteiger partial charge in [0.1, 0.15) is 5.75 Å². The van der Waals surface area contributed by atoms with Gasteiger partial charge in [0, 0.05) is 23.5 Å². The van der Waals surface area contributed by atoms with Crippen LogP contribution in [-0.2, 0) is 14.8 Å². The van der Waals surface area contributed by atoms with Gasteiger partial charge in [-0.25, -0.2) is 13.4 Å². The predicted octanol–water partition coefficient (Wildman–Crippen LogP) is 3.10. The van der Waals surface area contributed by atoms with Crippen molar-refractivity contribution >= 4 is 27.3 Å². The molecule has 0 saturated heterocycles. The number of hydrazone groups is 1. The number of aromatic hydroxyl groups is 1. The van der Waals surface area contributed by atoms with Gasteiger partial charge in [0.25, 0.3) is 0 Å². The van der Waals surface area contributed by atoms with Crippen LogP contribution in [0.5, 0.6) is 5.75 Å². The maximum Gasteiger partial charge on any atom is 0.245 e. The number of carbonyl (C=O) groups is 1. The fourth-order valence-corrected chi connectivity index (χ4v) is 3.75. The molecule has 0 spiro atoms. The summed E-state index contributed by atoms with van der Waals surface area (Å²) in [5, 5.41) is 16.2. The highest BCUT2D eigenvalue weighted by Crippen LogP contribution is 2.38. The maximum atomic E-state index is 12.8. The summed E-state index contributed by atoms with van der Waals surface area (Å²) in [5.74, 6) is -0.356. The lowest BCUT2D eigenvalue weighted by atomic mass is 9.96. The second kappa shape index (κ2) is 7.63. The molecular formula is C20H23N3O4S. The first kappa shape index (κ1) is 19.9. The zero-order chi connectivity index (χ0) is 20.5. The van der Waals surface area contributed by atoms with Gasteiger partial charge in [0.15, 0.2) is 0 Å². The molecule has 7 nitrogen and oxygen atoms in total. The molecule has 1 aliphatic heterocycles. The molecule has 28 heavy (non-hydrogen) atoms. The van der Waals surface area contributed by atoms with Crippen molar-refractivity contribution in [3.63, 3.8) is 0 Å². The molecule has 1 atom stereocenters. The molecule has 1 heterocycles. The van der Waals surface area contributed by atoms with Crippen molar-refractivity contribution in [2.24, 2.45) is 11.0 Å². The van der Waals surface area contributed by atoms with Crippen LogP contribution in [0.25, 0.3) is 0 Å². The molecule has 0 saturated carbocycles. The molecule has 0 fully saturated rings. The van der Waals surface area contributed by atoms with Crippen LogP contribution in [0, 0.1) is 5.92 Å². The maximum absolute atomic E-state index is 12.8. The number of benzene rings is 2. The number of para-hydroxylation sites is 2. The van der Waals surface area contributed by atoms with Crippen molar-refractivity contribution in [2.45, 2.75) is 26.3 Å². The van der Waals surface area contributed by atoms with Gasteiger partial charge < -0.3 is 5.11 Å². The number of amides is 1. The fraction of sp³-hybridized carbons (Fsp3) is 0.300. The summed E-state index contributed by atoms with van der Waals surface area (Å²) in [4.78, 5) is 12.8. The van der Waals surface area contributed by atoms with Crippen molar-refractivity contribution in [2.75, 3.05) is 11.0 Å². The summed E-state index contributed by atoms with van der Waals surface area (Å²) < 4.78 is 25.9. The van der Waals surface area contributed by atoms with Crippen LogP contribution in [0.15, 0.2) is 53.6 Å². The molecule has 2 N–H and O–H groups in total. The van der Waals surface area contributed by atoms with Crippen molar-refractivity contribution < 1.29 is 18.3 Å². The molecular weight excluding hydrogens is 378 g/mol. The van der Waals surface area contributed by atoms with Crippen molar-refractivity contribution in [1.82, 2.24) is 5.01 Å². The number of phenols is 1. The van der Waals surface area contributed by atoms with E-state index in [0.717, 1.165) is 6.26 Å². The zero-order valence-corrected chi connectivity index (χ0v) is 16.8. The van der Waals surface area contributed by atoms with E-state index in [-0.39, 0.29) is 17.6 Å². The van der Waals surface area contributed by atoms with E-state index >= 15 is 0 Å². The first-order valence-electron chi connectivity index (χ1n) is 8.93. The SMILES string of the molecule is CC(C)C(=O)N1N=C(c2ccccc2NS(C)(=O)=O)CC1c1ccccc1O. The van der Waals surface area contributed by atoms with Gasteiger partial charge in [-0.1, -0.05) is 50.2 Å². The summed E-state index contributed by atoms with van der Waals surface area (Å²) in [5.41, 5.74) is 2.18. The molecule has 148 valence electrons. The van der Waals surface area contributed by atoms with E-state index in [1.165, 1.54) is 5.01 Å². The number of nitrogens with one attached hydrogen (secondary N) is 1. The number of sulfonamides is 1. The van der Waals surface area contributed by atoms with E-state index < -0.39 is 16.1 Å². The van der Waals surface area contributed by atoms with E-state index in [2.05, 4.69) is 9.82 Å². The Morgan fingerprint density at radius 1 is 1.18 bits per heavy atom. The molecule has 8 heteroatoms. The average Bonchev–Trinajstić information content (AvgIpc) is 3.05. The van der Waals surface area contributed by atoms with Crippen LogP contribution in [0.2, 0.25) is 0 Å². The minimum Gasteiger partial charge on any atom is -0.508 e. The van der Waals surface area contributed by atoms with Crippen molar-refractivity contribution in [3.05, 3.63) is 59.7 Å². The monoisotopic (exact) mass is 401 g/mol. The average molecular weight is 401 g/mol. The van der Waals surface area contributed by atoms with Gasteiger partial charge in [0.2, 0.25) is 15.9 Å². The van der Waals surface area contributed by atoms with E-state index in [0.29, 0.717) is 28.9 Å². The molecule has 2 aromatic carbocycles. The van der Waals surface area contributed by atoms with Crippen molar-refractivity contribution in [1.29, 1.82) is 0 Å². The third-order valence-electron chi connectivity index (χ3n) is 4.46. The molecule has 1 amide bonds. The minimum atomic E-state index is -3.47. The standard InChI is InChI=1S/C20H23N3O4S/c1-13(2)20(25)23-18(15-9-5-7-11-19(15)24)12-17(21-23)14-8-4-6-10-16(14)22-28(3,26)27/h4-11,13,18,22,24H,12H2,1-3H3. The Hall–Kier alpha value is -2.87. The van der Waals surface area contributed by atoms with Gasteiger partial charge in [-0.3, -0.25) is 9.52 Å². The van der Waals surface area contributed by atoms with E-state index in [4.69, 9.17) is 0 Å². The number of hydrogen-bond donors (Lipinski definition) is 2. The fourth-order valence-electron chi connectivity index (χ4n) is 3.18. The Morgan fingerprint density at radius 2 is 1.82 bits per heavy atom. The lowest BCUT2D eigenvalue weighted by Gasteiger charge is -2.24. The van der Waals surface area contributed by atoms with Crippen LogP contribution in [0.1, 0.15) is 37.4 Å². The van der Waals surface area contributed by atoms with E-state index in [9.17, 15) is 18.3 Å². The smallest absolute Gasteiger partial charge is 0.245 e. The van der Waals surface area contributed by atoms with Gasteiger partial charge in [-0.2, -0.15) is 5.10 Å². The highest BCUT2D eigenvalue weighted by molar-refractivity contribution is 7.92. The lowest BCUT2D eigenvalue weighted by molar-refractivity contribution is -0.136. The third kappa shape index (κ3) is 4.17. The molecule has 0 aromatic heterocycles. The lowest BCUT2D eigenvalue weighted by Crippen LogP contribution is -2.30. The molecule has 1 aliphatic rings. The highest BCUT2D eigenvalue weighted by atomic mass is 32.2. The molecule has 3 rings (SSSR count). The zero-order valence-electron chi connectivity index (χ0n) is 16.0. The van der Waals surface area contributed by atoms with Crippen LogP contribution in [0.4, 0.5) is 5.69 Å². The number of rotatable bonds is 5. The largest absolute Gasteiger partial charge is 0.508 e. The van der Waals surface area contributed by atoms with Gasteiger partial charge in [-0.15, -0.1) is 0 Å². The summed E-state index contributed by atoms with van der Waals surface area (Å²) in [6.45, 7) is 3.58. The summed E-state index contributed by atoms with van der Waals surface area (Å²) in [7, 11) is -3.47. The number of anilines is 1. The molecule has 2 aromatic rings. The molecule has 0 aliphatic carbocycles. The second-order valence-electron chi connectivity index (χ2n) is 7.08.